The molecule has 1 aromatic heterocycles. The molecule has 142 valence electrons. The number of pyridine rings is 1. The van der Waals surface area contributed by atoms with Crippen molar-refractivity contribution in [2.45, 2.75) is 34.6 Å². The van der Waals surface area contributed by atoms with Crippen LogP contribution in [0.1, 0.15) is 43.6 Å². The second kappa shape index (κ2) is 11.5. The van der Waals surface area contributed by atoms with Crippen LogP contribution in [0, 0.1) is 6.92 Å². The predicted octanol–water partition coefficient (Wildman–Crippen LogP) is 6.60. The Morgan fingerprint density at radius 2 is 1.56 bits per heavy atom. The Balaban J connectivity index is 0.000000855. The highest BCUT2D eigenvalue weighted by atomic mass is 16.5. The van der Waals surface area contributed by atoms with Crippen LogP contribution in [0.4, 0.5) is 0 Å². The highest BCUT2D eigenvalue weighted by Gasteiger charge is 2.10. The number of hydrogen-bond donors (Lipinski definition) is 1. The van der Waals surface area contributed by atoms with Gasteiger partial charge >= 0.3 is 5.97 Å². The lowest BCUT2D eigenvalue weighted by molar-refractivity contribution is 0.0696. The lowest BCUT2D eigenvalue weighted by atomic mass is 10.0. The van der Waals surface area contributed by atoms with Gasteiger partial charge in [-0.15, -0.1) is 0 Å². The van der Waals surface area contributed by atoms with Crippen LogP contribution in [0.5, 0.6) is 11.6 Å². The highest BCUT2D eigenvalue weighted by molar-refractivity contribution is 5.90. The van der Waals surface area contributed by atoms with Crippen molar-refractivity contribution in [1.82, 2.24) is 4.98 Å². The number of carboxylic acids is 1. The molecule has 0 saturated heterocycles. The van der Waals surface area contributed by atoms with E-state index in [0.717, 1.165) is 16.7 Å². The van der Waals surface area contributed by atoms with Crippen LogP contribution in [-0.4, -0.2) is 16.1 Å². The molecule has 1 N–H and O–H groups in total. The topological polar surface area (TPSA) is 59.4 Å². The van der Waals surface area contributed by atoms with Crippen LogP contribution in [0.3, 0.4) is 0 Å². The van der Waals surface area contributed by atoms with E-state index in [4.69, 9.17) is 4.74 Å². The third-order valence-corrected chi connectivity index (χ3v) is 3.40. The number of aryl methyl sites for hydroxylation is 1. The molecule has 4 nitrogen and oxygen atoms in total. The number of aromatic nitrogens is 1. The highest BCUT2D eigenvalue weighted by Crippen LogP contribution is 2.29. The van der Waals surface area contributed by atoms with Gasteiger partial charge in [0.2, 0.25) is 5.88 Å². The fraction of sp³-hybridized carbons (Fsp3) is 0.217. The minimum atomic E-state index is -0.996. The zero-order valence-electron chi connectivity index (χ0n) is 16.6. The third kappa shape index (κ3) is 6.59. The molecule has 0 fully saturated rings. The van der Waals surface area contributed by atoms with Crippen molar-refractivity contribution in [2.75, 3.05) is 0 Å². The van der Waals surface area contributed by atoms with Crippen LogP contribution in [-0.2, 0) is 0 Å². The van der Waals surface area contributed by atoms with E-state index in [-0.39, 0.29) is 5.56 Å². The minimum absolute atomic E-state index is 0.175. The fourth-order valence-corrected chi connectivity index (χ4v) is 2.22. The van der Waals surface area contributed by atoms with Gasteiger partial charge in [0.15, 0.2) is 0 Å². The maximum Gasteiger partial charge on any atom is 0.335 e. The molecule has 4 heteroatoms. The summed E-state index contributed by atoms with van der Waals surface area (Å²) >= 11 is 0. The SMILES string of the molecule is CC.CC.Cc1ccc(-c2cc(Oc3ccccn3)cc(C(=O)O)c2)cc1. The van der Waals surface area contributed by atoms with Gasteiger partial charge in [0.05, 0.1) is 5.56 Å². The fourth-order valence-electron chi connectivity index (χ4n) is 2.22. The first kappa shape index (κ1) is 21.9. The average molecular weight is 365 g/mol. The molecular weight excluding hydrogens is 338 g/mol. The van der Waals surface area contributed by atoms with Crippen LogP contribution in [0.25, 0.3) is 11.1 Å². The van der Waals surface area contributed by atoms with E-state index in [2.05, 4.69) is 4.98 Å². The molecular formula is C23H27NO3. The summed E-state index contributed by atoms with van der Waals surface area (Å²) in [4.78, 5) is 15.5. The zero-order valence-corrected chi connectivity index (χ0v) is 16.6. The molecule has 0 unspecified atom stereocenters. The van der Waals surface area contributed by atoms with Gasteiger partial charge in [0.1, 0.15) is 5.75 Å². The number of carboxylic acid groups (broad SMARTS) is 1. The van der Waals surface area contributed by atoms with E-state index in [0.29, 0.717) is 11.6 Å². The molecule has 2 aromatic carbocycles. The van der Waals surface area contributed by atoms with Crippen molar-refractivity contribution < 1.29 is 14.6 Å². The van der Waals surface area contributed by atoms with Gasteiger partial charge in [0.25, 0.3) is 0 Å². The molecule has 27 heavy (non-hydrogen) atoms. The minimum Gasteiger partial charge on any atom is -0.478 e. The van der Waals surface area contributed by atoms with E-state index in [1.165, 1.54) is 6.07 Å². The van der Waals surface area contributed by atoms with Crippen molar-refractivity contribution in [3.63, 3.8) is 0 Å². The van der Waals surface area contributed by atoms with E-state index < -0.39 is 5.97 Å². The normalized spacial score (nSPS) is 9.22. The van der Waals surface area contributed by atoms with E-state index in [1.54, 1.807) is 24.4 Å². The summed E-state index contributed by atoms with van der Waals surface area (Å²) in [5.74, 6) is -0.131. The number of benzene rings is 2. The van der Waals surface area contributed by atoms with Crippen LogP contribution in [0.15, 0.2) is 66.9 Å². The van der Waals surface area contributed by atoms with E-state index in [9.17, 15) is 9.90 Å². The monoisotopic (exact) mass is 365 g/mol. The van der Waals surface area contributed by atoms with Gasteiger partial charge in [-0.2, -0.15) is 0 Å². The Hall–Kier alpha value is -3.14. The van der Waals surface area contributed by atoms with Gasteiger partial charge in [-0.3, -0.25) is 0 Å². The van der Waals surface area contributed by atoms with E-state index in [1.807, 2.05) is 71.0 Å². The Bertz CT molecular complexity index is 828. The first-order chi connectivity index (χ1) is 13.1. The molecule has 0 saturated carbocycles. The Morgan fingerprint density at radius 1 is 0.889 bits per heavy atom. The molecule has 0 aliphatic rings. The van der Waals surface area contributed by atoms with Crippen LogP contribution < -0.4 is 4.74 Å². The Kier molecular flexibility index (Phi) is 9.30. The first-order valence-electron chi connectivity index (χ1n) is 9.16. The molecule has 0 amide bonds. The lowest BCUT2D eigenvalue weighted by Gasteiger charge is -2.09. The quantitative estimate of drug-likeness (QED) is 0.566. The number of rotatable bonds is 4. The molecule has 0 aliphatic heterocycles. The summed E-state index contributed by atoms with van der Waals surface area (Å²) in [5.41, 5.74) is 3.04. The Morgan fingerprint density at radius 3 is 2.11 bits per heavy atom. The van der Waals surface area contributed by atoms with Gasteiger partial charge in [0, 0.05) is 12.3 Å². The molecule has 3 rings (SSSR count). The van der Waals surface area contributed by atoms with Crippen molar-refractivity contribution in [3.8, 4) is 22.8 Å². The summed E-state index contributed by atoms with van der Waals surface area (Å²) in [5, 5.41) is 9.32. The molecule has 3 aromatic rings. The van der Waals surface area contributed by atoms with Crippen molar-refractivity contribution >= 4 is 5.97 Å². The van der Waals surface area contributed by atoms with Gasteiger partial charge in [-0.1, -0.05) is 63.6 Å². The maximum atomic E-state index is 11.4. The smallest absolute Gasteiger partial charge is 0.335 e. The van der Waals surface area contributed by atoms with Crippen molar-refractivity contribution in [1.29, 1.82) is 0 Å². The summed E-state index contributed by atoms with van der Waals surface area (Å²) in [6.45, 7) is 10.0. The summed E-state index contributed by atoms with van der Waals surface area (Å²) in [6.07, 6.45) is 1.62. The standard InChI is InChI=1S/C19H15NO3.2C2H6/c1-13-5-7-14(8-6-13)15-10-16(19(21)22)12-17(11-15)23-18-4-2-3-9-20-18;2*1-2/h2-12H,1H3,(H,21,22);2*1-2H3. The number of hydrogen-bond acceptors (Lipinski definition) is 3. The molecule has 0 spiro atoms. The summed E-state index contributed by atoms with van der Waals surface area (Å²) in [7, 11) is 0. The summed E-state index contributed by atoms with van der Waals surface area (Å²) in [6, 6.07) is 18.2. The Labute approximate surface area is 161 Å². The molecule has 0 atom stereocenters. The van der Waals surface area contributed by atoms with Crippen LogP contribution in [0.2, 0.25) is 0 Å². The molecule has 1 heterocycles. The summed E-state index contributed by atoms with van der Waals surface area (Å²) < 4.78 is 5.68. The van der Waals surface area contributed by atoms with Crippen molar-refractivity contribution in [2.24, 2.45) is 0 Å². The second-order valence-electron chi connectivity index (χ2n) is 5.19. The van der Waals surface area contributed by atoms with Gasteiger partial charge in [-0.05, 0) is 42.3 Å². The number of ether oxygens (including phenoxy) is 1. The van der Waals surface area contributed by atoms with E-state index >= 15 is 0 Å². The second-order valence-corrected chi connectivity index (χ2v) is 5.19. The number of nitrogens with zero attached hydrogens (tertiary/aromatic N) is 1. The number of carbonyl (C=O) groups is 1. The largest absolute Gasteiger partial charge is 0.478 e. The zero-order chi connectivity index (χ0) is 20.2. The number of aromatic carboxylic acids is 1. The molecule has 0 radical (unpaired) electrons. The first-order valence-corrected chi connectivity index (χ1v) is 9.16. The molecule has 0 bridgehead atoms. The van der Waals surface area contributed by atoms with Gasteiger partial charge in [-0.25, -0.2) is 9.78 Å². The van der Waals surface area contributed by atoms with Crippen molar-refractivity contribution in [3.05, 3.63) is 78.0 Å². The van der Waals surface area contributed by atoms with Crippen LogP contribution >= 0.6 is 0 Å². The predicted molar refractivity (Wildman–Crippen MR) is 111 cm³/mol. The molecule has 0 aliphatic carbocycles. The van der Waals surface area contributed by atoms with Gasteiger partial charge < -0.3 is 9.84 Å². The lowest BCUT2D eigenvalue weighted by Crippen LogP contribution is -1.98. The third-order valence-electron chi connectivity index (χ3n) is 3.40. The average Bonchev–Trinajstić information content (AvgIpc) is 2.72. The maximum absolute atomic E-state index is 11.4.